The van der Waals surface area contributed by atoms with Crippen molar-refractivity contribution in [2.24, 2.45) is 5.92 Å². The Hall–Kier alpha value is -3.61. The third kappa shape index (κ3) is 6.57. The number of piperidine rings is 1. The molecule has 1 unspecified atom stereocenters. The van der Waals surface area contributed by atoms with Gasteiger partial charge in [0.15, 0.2) is 0 Å². The van der Waals surface area contributed by atoms with E-state index in [9.17, 15) is 9.59 Å². The predicted molar refractivity (Wildman–Crippen MR) is 161 cm³/mol. The van der Waals surface area contributed by atoms with Crippen molar-refractivity contribution >= 4 is 23.4 Å². The van der Waals surface area contributed by atoms with E-state index in [2.05, 4.69) is 42.4 Å². The second-order valence-electron chi connectivity index (χ2n) is 12.6. The van der Waals surface area contributed by atoms with E-state index in [1.54, 1.807) is 4.68 Å². The second kappa shape index (κ2) is 11.9. The molecule has 0 bridgehead atoms. The summed E-state index contributed by atoms with van der Waals surface area (Å²) >= 11 is 0. The van der Waals surface area contributed by atoms with Crippen LogP contribution >= 0.6 is 0 Å². The number of nitrogens with zero attached hydrogens (tertiary/aromatic N) is 3. The molecule has 1 aliphatic heterocycles. The molecule has 40 heavy (non-hydrogen) atoms. The molecule has 2 aromatic carbocycles. The lowest BCUT2D eigenvalue weighted by molar-refractivity contribution is -0.139. The first kappa shape index (κ1) is 27.9. The minimum Gasteiger partial charge on any atom is -0.339 e. The van der Waals surface area contributed by atoms with E-state index in [0.717, 1.165) is 67.7 Å². The third-order valence-corrected chi connectivity index (χ3v) is 8.27. The average Bonchev–Trinajstić information content (AvgIpc) is 3.60. The van der Waals surface area contributed by atoms with Gasteiger partial charge in [-0.25, -0.2) is 9.48 Å². The molecule has 7 nitrogen and oxygen atoms in total. The van der Waals surface area contributed by atoms with Gasteiger partial charge in [0.25, 0.3) is 0 Å². The topological polar surface area (TPSA) is 79.3 Å². The Bertz CT molecular complexity index is 1330. The van der Waals surface area contributed by atoms with Crippen molar-refractivity contribution < 1.29 is 9.59 Å². The zero-order valence-corrected chi connectivity index (χ0v) is 24.4. The van der Waals surface area contributed by atoms with Gasteiger partial charge in [-0.15, -0.1) is 0 Å². The zero-order chi connectivity index (χ0) is 28.3. The van der Waals surface area contributed by atoms with Crippen molar-refractivity contribution in [3.8, 4) is 5.69 Å². The van der Waals surface area contributed by atoms with E-state index >= 15 is 0 Å². The van der Waals surface area contributed by atoms with Gasteiger partial charge in [-0.1, -0.05) is 63.4 Å². The summed E-state index contributed by atoms with van der Waals surface area (Å²) in [7, 11) is 0. The monoisotopic (exact) mass is 541 g/mol. The SMILES string of the molecule is Cc1ccc(-n2nc(C(C)(C)C)cc2NC(=O)Nc2cccc(CC3CCCCN3C(=O)C3CCCC3)c2)cc1. The Balaban J connectivity index is 1.28. The highest BCUT2D eigenvalue weighted by Gasteiger charge is 2.33. The summed E-state index contributed by atoms with van der Waals surface area (Å²) in [4.78, 5) is 28.6. The van der Waals surface area contributed by atoms with Crippen LogP contribution in [0.1, 0.15) is 82.5 Å². The molecule has 212 valence electrons. The van der Waals surface area contributed by atoms with Gasteiger partial charge in [-0.2, -0.15) is 5.10 Å². The van der Waals surface area contributed by atoms with Gasteiger partial charge < -0.3 is 10.2 Å². The van der Waals surface area contributed by atoms with Gasteiger partial charge in [-0.05, 0) is 75.3 Å². The number of rotatable bonds is 6. The number of amides is 3. The molecule has 7 heteroatoms. The van der Waals surface area contributed by atoms with Crippen molar-refractivity contribution in [1.82, 2.24) is 14.7 Å². The Labute approximate surface area is 238 Å². The molecule has 2 N–H and O–H groups in total. The van der Waals surface area contributed by atoms with Gasteiger partial charge in [0.2, 0.25) is 5.91 Å². The van der Waals surface area contributed by atoms with Crippen LogP contribution in [-0.2, 0) is 16.6 Å². The maximum absolute atomic E-state index is 13.3. The van der Waals surface area contributed by atoms with Crippen LogP contribution in [0.5, 0.6) is 0 Å². The molecule has 5 rings (SSSR count). The number of benzene rings is 2. The second-order valence-corrected chi connectivity index (χ2v) is 12.6. The van der Waals surface area contributed by atoms with Crippen molar-refractivity contribution in [3.05, 3.63) is 71.4 Å². The molecule has 1 aromatic heterocycles. The fourth-order valence-electron chi connectivity index (χ4n) is 5.96. The standard InChI is InChI=1S/C33H43N5O2/c1-23-15-17-27(18-16-23)38-30(22-29(36-38)33(2,3)4)35-32(40)34-26-13-9-10-24(20-26)21-28-14-7-8-19-37(28)31(39)25-11-5-6-12-25/h9-10,13,15-18,20,22,25,28H,5-8,11-12,14,19,21H2,1-4H3,(H2,34,35,40). The molecule has 2 aliphatic rings. The third-order valence-electron chi connectivity index (χ3n) is 8.27. The lowest BCUT2D eigenvalue weighted by atomic mass is 9.92. The summed E-state index contributed by atoms with van der Waals surface area (Å²) in [5, 5.41) is 10.8. The van der Waals surface area contributed by atoms with Crippen molar-refractivity contribution in [3.63, 3.8) is 0 Å². The Morgan fingerprint density at radius 3 is 2.38 bits per heavy atom. The first-order chi connectivity index (χ1) is 19.2. The fraction of sp³-hybridized carbons (Fsp3) is 0.485. The number of urea groups is 1. The normalized spacial score (nSPS) is 18.1. The number of aryl methyl sites for hydroxylation is 1. The number of likely N-dealkylation sites (tertiary alicyclic amines) is 1. The van der Waals surface area contributed by atoms with Gasteiger partial charge in [0.05, 0.1) is 11.4 Å². The van der Waals surface area contributed by atoms with E-state index in [-0.39, 0.29) is 23.4 Å². The number of nitrogens with one attached hydrogen (secondary N) is 2. The minimum absolute atomic E-state index is 0.163. The molecule has 2 fully saturated rings. The molecule has 1 saturated heterocycles. The van der Waals surface area contributed by atoms with E-state index in [4.69, 9.17) is 5.10 Å². The highest BCUT2D eigenvalue weighted by molar-refractivity contribution is 5.99. The molecular formula is C33H43N5O2. The molecule has 0 spiro atoms. The molecule has 3 aromatic rings. The van der Waals surface area contributed by atoms with E-state index in [1.165, 1.54) is 18.4 Å². The predicted octanol–water partition coefficient (Wildman–Crippen LogP) is 7.24. The molecule has 1 aliphatic carbocycles. The highest BCUT2D eigenvalue weighted by atomic mass is 16.2. The molecule has 3 amide bonds. The van der Waals surface area contributed by atoms with Gasteiger partial charge in [0, 0.05) is 35.7 Å². The van der Waals surface area contributed by atoms with E-state index in [0.29, 0.717) is 11.7 Å². The van der Waals surface area contributed by atoms with E-state index < -0.39 is 0 Å². The molecule has 2 heterocycles. The van der Waals surface area contributed by atoms with Crippen LogP contribution < -0.4 is 10.6 Å². The maximum atomic E-state index is 13.3. The van der Waals surface area contributed by atoms with E-state index in [1.807, 2.05) is 55.5 Å². The number of anilines is 2. The summed E-state index contributed by atoms with van der Waals surface area (Å²) in [5.41, 5.74) is 4.66. The van der Waals surface area contributed by atoms with Crippen molar-refractivity contribution in [1.29, 1.82) is 0 Å². The van der Waals surface area contributed by atoms with Crippen molar-refractivity contribution in [2.45, 2.75) is 90.5 Å². The van der Waals surface area contributed by atoms with Gasteiger partial charge in [-0.3, -0.25) is 10.1 Å². The van der Waals surface area contributed by atoms with Crippen LogP contribution in [-0.4, -0.2) is 39.2 Å². The number of hydrogen-bond donors (Lipinski definition) is 2. The summed E-state index contributed by atoms with van der Waals surface area (Å²) < 4.78 is 1.79. The van der Waals surface area contributed by atoms with Crippen LogP contribution in [0.2, 0.25) is 0 Å². The Morgan fingerprint density at radius 2 is 1.65 bits per heavy atom. The molecule has 1 saturated carbocycles. The average molecular weight is 542 g/mol. The fourth-order valence-corrected chi connectivity index (χ4v) is 5.96. The Morgan fingerprint density at radius 1 is 0.925 bits per heavy atom. The molecular weight excluding hydrogens is 498 g/mol. The van der Waals surface area contributed by atoms with Crippen LogP contribution in [0, 0.1) is 12.8 Å². The summed E-state index contributed by atoms with van der Waals surface area (Å²) in [5.74, 6) is 1.19. The highest BCUT2D eigenvalue weighted by Crippen LogP contribution is 2.31. The first-order valence-electron chi connectivity index (χ1n) is 14.8. The number of aromatic nitrogens is 2. The number of hydrogen-bond acceptors (Lipinski definition) is 3. The summed E-state index contributed by atoms with van der Waals surface area (Å²) in [6.07, 6.45) is 8.52. The minimum atomic E-state index is -0.318. The van der Waals surface area contributed by atoms with Crippen molar-refractivity contribution in [2.75, 3.05) is 17.2 Å². The quantitative estimate of drug-likeness (QED) is 0.345. The number of carbonyl (C=O) groups is 2. The van der Waals surface area contributed by atoms with Crippen LogP contribution in [0.25, 0.3) is 5.69 Å². The Kier molecular flexibility index (Phi) is 8.29. The van der Waals surface area contributed by atoms with Crippen LogP contribution in [0.15, 0.2) is 54.6 Å². The zero-order valence-electron chi connectivity index (χ0n) is 24.4. The first-order valence-corrected chi connectivity index (χ1v) is 14.8. The lowest BCUT2D eigenvalue weighted by Gasteiger charge is -2.37. The van der Waals surface area contributed by atoms with Crippen LogP contribution in [0.3, 0.4) is 0 Å². The largest absolute Gasteiger partial charge is 0.339 e. The number of carbonyl (C=O) groups excluding carboxylic acids is 2. The molecule has 0 radical (unpaired) electrons. The summed E-state index contributed by atoms with van der Waals surface area (Å²) in [6, 6.07) is 18.0. The maximum Gasteiger partial charge on any atom is 0.324 e. The molecule has 1 atom stereocenters. The smallest absolute Gasteiger partial charge is 0.324 e. The van der Waals surface area contributed by atoms with Gasteiger partial charge >= 0.3 is 6.03 Å². The summed E-state index contributed by atoms with van der Waals surface area (Å²) in [6.45, 7) is 9.25. The lowest BCUT2D eigenvalue weighted by Crippen LogP contribution is -2.47. The van der Waals surface area contributed by atoms with Crippen LogP contribution in [0.4, 0.5) is 16.3 Å². The van der Waals surface area contributed by atoms with Gasteiger partial charge in [0.1, 0.15) is 5.82 Å².